The van der Waals surface area contributed by atoms with Crippen molar-refractivity contribution in [3.63, 3.8) is 0 Å². The fourth-order valence-corrected chi connectivity index (χ4v) is 2.06. The maximum Gasteiger partial charge on any atom is 0.410 e. The molecule has 0 spiro atoms. The van der Waals surface area contributed by atoms with Gasteiger partial charge in [-0.2, -0.15) is 0 Å². The van der Waals surface area contributed by atoms with Gasteiger partial charge in [0.2, 0.25) is 0 Å². The van der Waals surface area contributed by atoms with E-state index in [-0.39, 0.29) is 19.7 Å². The summed E-state index contributed by atoms with van der Waals surface area (Å²) in [6, 6.07) is 9.24. The maximum atomic E-state index is 11.7. The molecule has 1 aliphatic heterocycles. The van der Waals surface area contributed by atoms with Crippen molar-refractivity contribution in [3.8, 4) is 0 Å². The van der Waals surface area contributed by atoms with Crippen molar-refractivity contribution < 1.29 is 24.5 Å². The Hall–Kier alpha value is -2.08. The first-order valence-corrected chi connectivity index (χ1v) is 6.33. The Balaban J connectivity index is 1.81. The number of hydrogen-bond acceptors (Lipinski definition) is 4. The van der Waals surface area contributed by atoms with Crippen LogP contribution in [0.15, 0.2) is 30.3 Å². The van der Waals surface area contributed by atoms with E-state index in [1.807, 2.05) is 30.3 Å². The smallest absolute Gasteiger partial charge is 0.410 e. The lowest BCUT2D eigenvalue weighted by molar-refractivity contribution is -0.166. The van der Waals surface area contributed by atoms with Gasteiger partial charge >= 0.3 is 12.1 Å². The highest BCUT2D eigenvalue weighted by Crippen LogP contribution is 2.29. The molecule has 108 valence electrons. The summed E-state index contributed by atoms with van der Waals surface area (Å²) in [5.74, 6) is -1.99. The van der Waals surface area contributed by atoms with Crippen LogP contribution in [0.1, 0.15) is 12.5 Å². The molecule has 1 heterocycles. The van der Waals surface area contributed by atoms with Gasteiger partial charge < -0.3 is 19.8 Å². The van der Waals surface area contributed by atoms with Gasteiger partial charge in [-0.1, -0.05) is 30.3 Å². The SMILES string of the molecule is C[C@@H](C(=O)O)C1(O)CN(C(=O)OCc2ccccc2)C1. The average molecular weight is 279 g/mol. The fourth-order valence-electron chi connectivity index (χ4n) is 2.06. The highest BCUT2D eigenvalue weighted by molar-refractivity contribution is 5.74. The zero-order chi connectivity index (χ0) is 14.8. The monoisotopic (exact) mass is 279 g/mol. The van der Waals surface area contributed by atoms with Crippen molar-refractivity contribution in [2.75, 3.05) is 13.1 Å². The van der Waals surface area contributed by atoms with E-state index in [2.05, 4.69) is 0 Å². The third-order valence-electron chi connectivity index (χ3n) is 3.57. The number of β-amino-alcohol motifs (C(OH)–C–C–N with tert-alkyl or cyclic N) is 1. The average Bonchev–Trinajstić information content (AvgIpc) is 2.41. The first-order valence-electron chi connectivity index (χ1n) is 6.33. The lowest BCUT2D eigenvalue weighted by Crippen LogP contribution is -2.67. The number of carbonyl (C=O) groups is 2. The summed E-state index contributed by atoms with van der Waals surface area (Å²) in [5.41, 5.74) is -0.493. The Bertz CT molecular complexity index is 496. The molecule has 0 saturated carbocycles. The first kappa shape index (κ1) is 14.3. The van der Waals surface area contributed by atoms with E-state index in [0.717, 1.165) is 5.56 Å². The molecular formula is C14H17NO5. The van der Waals surface area contributed by atoms with Crippen molar-refractivity contribution in [3.05, 3.63) is 35.9 Å². The van der Waals surface area contributed by atoms with Gasteiger partial charge in [-0.15, -0.1) is 0 Å². The molecule has 6 heteroatoms. The van der Waals surface area contributed by atoms with Crippen LogP contribution in [0.25, 0.3) is 0 Å². The van der Waals surface area contributed by atoms with E-state index in [0.29, 0.717) is 0 Å². The van der Waals surface area contributed by atoms with Gasteiger partial charge in [0, 0.05) is 0 Å². The Morgan fingerprint density at radius 1 is 1.35 bits per heavy atom. The molecule has 0 bridgehead atoms. The van der Waals surface area contributed by atoms with Crippen LogP contribution in [0.5, 0.6) is 0 Å². The van der Waals surface area contributed by atoms with Crippen LogP contribution in [0.4, 0.5) is 4.79 Å². The standard InChI is InChI=1S/C14H17NO5/c1-10(12(16)17)14(19)8-15(9-14)13(18)20-7-11-5-3-2-4-6-11/h2-6,10,19H,7-9H2,1H3,(H,16,17)/t10-/m0/s1. The highest BCUT2D eigenvalue weighted by atomic mass is 16.6. The topological polar surface area (TPSA) is 87.1 Å². The molecule has 0 radical (unpaired) electrons. The molecule has 1 atom stereocenters. The minimum absolute atomic E-state index is 0.0198. The zero-order valence-corrected chi connectivity index (χ0v) is 11.2. The molecule has 20 heavy (non-hydrogen) atoms. The van der Waals surface area contributed by atoms with E-state index in [9.17, 15) is 14.7 Å². The zero-order valence-electron chi connectivity index (χ0n) is 11.2. The second-order valence-electron chi connectivity index (χ2n) is 5.06. The summed E-state index contributed by atoms with van der Waals surface area (Å²) in [7, 11) is 0. The van der Waals surface area contributed by atoms with Gasteiger partial charge in [-0.25, -0.2) is 4.79 Å². The molecular weight excluding hydrogens is 262 g/mol. The summed E-state index contributed by atoms with van der Waals surface area (Å²) >= 11 is 0. The normalized spacial score (nSPS) is 18.0. The minimum atomic E-state index is -1.36. The summed E-state index contributed by atoms with van der Waals surface area (Å²) in [5, 5.41) is 18.9. The van der Waals surface area contributed by atoms with Crippen LogP contribution in [0.3, 0.4) is 0 Å². The Morgan fingerprint density at radius 2 is 1.95 bits per heavy atom. The largest absolute Gasteiger partial charge is 0.481 e. The van der Waals surface area contributed by atoms with Crippen LogP contribution in [-0.4, -0.2) is 45.9 Å². The number of aliphatic hydroxyl groups is 1. The van der Waals surface area contributed by atoms with Gasteiger partial charge in [-0.05, 0) is 12.5 Å². The molecule has 1 aliphatic rings. The summed E-state index contributed by atoms with van der Waals surface area (Å²) < 4.78 is 5.09. The van der Waals surface area contributed by atoms with E-state index >= 15 is 0 Å². The predicted octanol–water partition coefficient (Wildman–Crippen LogP) is 1.09. The van der Waals surface area contributed by atoms with Crippen molar-refractivity contribution in [2.45, 2.75) is 19.1 Å². The number of likely N-dealkylation sites (tertiary alicyclic amines) is 1. The van der Waals surface area contributed by atoms with Crippen molar-refractivity contribution >= 4 is 12.1 Å². The number of carboxylic acid groups (broad SMARTS) is 1. The molecule has 1 saturated heterocycles. The molecule has 1 amide bonds. The van der Waals surface area contributed by atoms with Gasteiger partial charge in [-0.3, -0.25) is 4.79 Å². The van der Waals surface area contributed by atoms with E-state index in [1.54, 1.807) is 0 Å². The Morgan fingerprint density at radius 3 is 2.50 bits per heavy atom. The Labute approximate surface area is 116 Å². The van der Waals surface area contributed by atoms with Crippen molar-refractivity contribution in [1.82, 2.24) is 4.90 Å². The van der Waals surface area contributed by atoms with Gasteiger partial charge in [0.15, 0.2) is 0 Å². The van der Waals surface area contributed by atoms with Crippen molar-refractivity contribution in [1.29, 1.82) is 0 Å². The van der Waals surface area contributed by atoms with Crippen molar-refractivity contribution in [2.24, 2.45) is 5.92 Å². The molecule has 1 aromatic carbocycles. The van der Waals surface area contributed by atoms with E-state index in [4.69, 9.17) is 9.84 Å². The Kier molecular flexibility index (Phi) is 3.94. The predicted molar refractivity (Wildman–Crippen MR) is 69.9 cm³/mol. The quantitative estimate of drug-likeness (QED) is 0.861. The number of hydrogen-bond donors (Lipinski definition) is 2. The van der Waals surface area contributed by atoms with Gasteiger partial charge in [0.1, 0.15) is 12.2 Å². The third kappa shape index (κ3) is 2.91. The number of amides is 1. The number of carboxylic acids is 1. The number of aliphatic carboxylic acids is 1. The van der Waals surface area contributed by atoms with Crippen LogP contribution in [0.2, 0.25) is 0 Å². The first-order chi connectivity index (χ1) is 9.42. The number of benzene rings is 1. The number of carbonyl (C=O) groups excluding carboxylic acids is 1. The highest BCUT2D eigenvalue weighted by Gasteiger charge is 2.50. The lowest BCUT2D eigenvalue weighted by atomic mass is 9.82. The minimum Gasteiger partial charge on any atom is -0.481 e. The van der Waals surface area contributed by atoms with Crippen LogP contribution in [-0.2, 0) is 16.1 Å². The molecule has 0 unspecified atom stereocenters. The van der Waals surface area contributed by atoms with E-state index < -0.39 is 23.6 Å². The molecule has 0 aromatic heterocycles. The molecule has 2 N–H and O–H groups in total. The number of ether oxygens (including phenoxy) is 1. The van der Waals surface area contributed by atoms with Gasteiger partial charge in [0.05, 0.1) is 19.0 Å². The molecule has 0 aliphatic carbocycles. The number of rotatable bonds is 4. The summed E-state index contributed by atoms with van der Waals surface area (Å²) in [6.45, 7) is 1.54. The van der Waals surface area contributed by atoms with Crippen LogP contribution < -0.4 is 0 Å². The molecule has 6 nitrogen and oxygen atoms in total. The lowest BCUT2D eigenvalue weighted by Gasteiger charge is -2.47. The third-order valence-corrected chi connectivity index (χ3v) is 3.57. The summed E-state index contributed by atoms with van der Waals surface area (Å²) in [6.07, 6.45) is -0.545. The molecule has 1 aromatic rings. The second kappa shape index (κ2) is 5.50. The molecule has 1 fully saturated rings. The maximum absolute atomic E-state index is 11.7. The number of nitrogens with zero attached hydrogens (tertiary/aromatic N) is 1. The summed E-state index contributed by atoms with van der Waals surface area (Å²) in [4.78, 5) is 23.8. The fraction of sp³-hybridized carbons (Fsp3) is 0.429. The van der Waals surface area contributed by atoms with Gasteiger partial charge in [0.25, 0.3) is 0 Å². The van der Waals surface area contributed by atoms with E-state index in [1.165, 1.54) is 11.8 Å². The van der Waals surface area contributed by atoms with Crippen LogP contribution in [0, 0.1) is 5.92 Å². The molecule has 2 rings (SSSR count). The second-order valence-corrected chi connectivity index (χ2v) is 5.06. The van der Waals surface area contributed by atoms with Crippen LogP contribution >= 0.6 is 0 Å².